The van der Waals surface area contributed by atoms with E-state index in [0.717, 1.165) is 35.4 Å². The predicted molar refractivity (Wildman–Crippen MR) is 70.3 cm³/mol. The number of aromatic nitrogens is 4. The predicted octanol–water partition coefficient (Wildman–Crippen LogP) is 2.45. The molecule has 0 aromatic carbocycles. The van der Waals surface area contributed by atoms with Gasteiger partial charge in [0.25, 0.3) is 0 Å². The third-order valence-corrected chi connectivity index (χ3v) is 2.92. The second-order valence-electron chi connectivity index (χ2n) is 4.42. The average molecular weight is 238 g/mol. The minimum Gasteiger partial charge on any atom is -0.341 e. The monoisotopic (exact) mass is 238 g/mol. The highest BCUT2D eigenvalue weighted by molar-refractivity contribution is 5.70. The highest BCUT2D eigenvalue weighted by atomic mass is 15.0. The summed E-state index contributed by atoms with van der Waals surface area (Å²) in [7, 11) is 0. The van der Waals surface area contributed by atoms with Gasteiger partial charge in [0.15, 0.2) is 5.65 Å². The van der Waals surface area contributed by atoms with Crippen molar-refractivity contribution in [1.82, 2.24) is 19.9 Å². The molecule has 0 fully saturated rings. The standard InChI is InChI=1S/C14H14N4/c1-10-8-12-14(16-9-10)18-13(17-12)3-2-11-4-6-15-7-5-11/h4-9H,2-3H2,1H3,(H,16,17,18). The van der Waals surface area contributed by atoms with Gasteiger partial charge in [0.1, 0.15) is 5.82 Å². The summed E-state index contributed by atoms with van der Waals surface area (Å²) >= 11 is 0. The Labute approximate surface area is 105 Å². The lowest BCUT2D eigenvalue weighted by molar-refractivity contribution is 0.886. The number of nitrogens with zero attached hydrogens (tertiary/aromatic N) is 3. The van der Waals surface area contributed by atoms with Gasteiger partial charge in [-0.2, -0.15) is 0 Å². The van der Waals surface area contributed by atoms with Crippen LogP contribution in [0.4, 0.5) is 0 Å². The molecule has 0 unspecified atom stereocenters. The first-order chi connectivity index (χ1) is 8.81. The van der Waals surface area contributed by atoms with E-state index in [4.69, 9.17) is 0 Å². The Kier molecular flexibility index (Phi) is 2.76. The minimum atomic E-state index is 0.797. The van der Waals surface area contributed by atoms with Gasteiger partial charge < -0.3 is 4.98 Å². The zero-order chi connectivity index (χ0) is 12.4. The third kappa shape index (κ3) is 2.22. The van der Waals surface area contributed by atoms with Gasteiger partial charge in [0.05, 0.1) is 5.52 Å². The van der Waals surface area contributed by atoms with Crippen molar-refractivity contribution in [2.24, 2.45) is 0 Å². The number of rotatable bonds is 3. The van der Waals surface area contributed by atoms with E-state index in [-0.39, 0.29) is 0 Å². The van der Waals surface area contributed by atoms with Crippen LogP contribution in [0.25, 0.3) is 11.2 Å². The van der Waals surface area contributed by atoms with E-state index < -0.39 is 0 Å². The zero-order valence-corrected chi connectivity index (χ0v) is 10.2. The number of H-pyrrole nitrogens is 1. The molecular weight excluding hydrogens is 224 g/mol. The van der Waals surface area contributed by atoms with Crippen molar-refractivity contribution in [3.63, 3.8) is 0 Å². The molecule has 3 aromatic rings. The van der Waals surface area contributed by atoms with Crippen molar-refractivity contribution in [3.05, 3.63) is 53.7 Å². The lowest BCUT2D eigenvalue weighted by Gasteiger charge is -1.97. The van der Waals surface area contributed by atoms with E-state index in [2.05, 4.69) is 26.0 Å². The first-order valence-corrected chi connectivity index (χ1v) is 6.01. The second-order valence-corrected chi connectivity index (χ2v) is 4.42. The van der Waals surface area contributed by atoms with Crippen LogP contribution in [-0.4, -0.2) is 19.9 Å². The third-order valence-electron chi connectivity index (χ3n) is 2.92. The molecule has 90 valence electrons. The SMILES string of the molecule is Cc1cnc2nc(CCc3ccncc3)[nH]c2c1. The van der Waals surface area contributed by atoms with Gasteiger partial charge in [0, 0.05) is 25.0 Å². The van der Waals surface area contributed by atoms with Crippen LogP contribution in [0, 0.1) is 6.92 Å². The molecule has 4 nitrogen and oxygen atoms in total. The fourth-order valence-electron chi connectivity index (χ4n) is 1.98. The van der Waals surface area contributed by atoms with Crippen LogP contribution in [0.2, 0.25) is 0 Å². The number of aromatic amines is 1. The molecule has 0 saturated heterocycles. The fraction of sp³-hybridized carbons (Fsp3) is 0.214. The molecule has 0 atom stereocenters. The summed E-state index contributed by atoms with van der Waals surface area (Å²) in [6.07, 6.45) is 7.33. The summed E-state index contributed by atoms with van der Waals surface area (Å²) in [5.41, 5.74) is 4.23. The molecule has 0 aliphatic heterocycles. The van der Waals surface area contributed by atoms with Gasteiger partial charge in [-0.25, -0.2) is 9.97 Å². The fourth-order valence-corrected chi connectivity index (χ4v) is 1.98. The number of aryl methyl sites for hydroxylation is 3. The summed E-state index contributed by atoms with van der Waals surface area (Å²) in [6, 6.07) is 6.14. The first-order valence-electron chi connectivity index (χ1n) is 6.01. The average Bonchev–Trinajstić information content (AvgIpc) is 2.79. The normalized spacial score (nSPS) is 10.9. The second kappa shape index (κ2) is 4.56. The smallest absolute Gasteiger partial charge is 0.177 e. The van der Waals surface area contributed by atoms with Crippen molar-refractivity contribution in [2.45, 2.75) is 19.8 Å². The molecule has 3 rings (SSSR count). The molecule has 0 amide bonds. The number of imidazole rings is 1. The Morgan fingerprint density at radius 3 is 2.83 bits per heavy atom. The first kappa shape index (κ1) is 10.9. The largest absolute Gasteiger partial charge is 0.341 e. The zero-order valence-electron chi connectivity index (χ0n) is 10.2. The van der Waals surface area contributed by atoms with Crippen molar-refractivity contribution in [2.75, 3.05) is 0 Å². The maximum absolute atomic E-state index is 4.49. The molecule has 0 aliphatic rings. The number of fused-ring (bicyclic) bond motifs is 1. The van der Waals surface area contributed by atoms with Crippen LogP contribution in [0.3, 0.4) is 0 Å². The number of pyridine rings is 2. The molecular formula is C14H14N4. The summed E-state index contributed by atoms with van der Waals surface area (Å²) in [6.45, 7) is 2.03. The van der Waals surface area contributed by atoms with Crippen molar-refractivity contribution in [1.29, 1.82) is 0 Å². The summed E-state index contributed by atoms with van der Waals surface area (Å²) < 4.78 is 0. The molecule has 0 spiro atoms. The van der Waals surface area contributed by atoms with Gasteiger partial charge >= 0.3 is 0 Å². The molecule has 0 saturated carbocycles. The Balaban J connectivity index is 1.79. The molecule has 0 aliphatic carbocycles. The number of hydrogen-bond acceptors (Lipinski definition) is 3. The summed E-state index contributed by atoms with van der Waals surface area (Å²) in [5.74, 6) is 0.986. The highest BCUT2D eigenvalue weighted by Crippen LogP contribution is 2.11. The Hall–Kier alpha value is -2.23. The molecule has 1 N–H and O–H groups in total. The molecule has 0 bridgehead atoms. The lowest BCUT2D eigenvalue weighted by atomic mass is 10.1. The molecule has 18 heavy (non-hydrogen) atoms. The number of hydrogen-bond donors (Lipinski definition) is 1. The van der Waals surface area contributed by atoms with Crippen molar-refractivity contribution in [3.8, 4) is 0 Å². The highest BCUT2D eigenvalue weighted by Gasteiger charge is 2.04. The molecule has 3 heterocycles. The van der Waals surface area contributed by atoms with Gasteiger partial charge in [-0.1, -0.05) is 0 Å². The molecule has 0 radical (unpaired) electrons. The van der Waals surface area contributed by atoms with Crippen LogP contribution < -0.4 is 0 Å². The van der Waals surface area contributed by atoms with E-state index in [1.807, 2.05) is 37.6 Å². The van der Waals surface area contributed by atoms with Gasteiger partial charge in [-0.15, -0.1) is 0 Å². The summed E-state index contributed by atoms with van der Waals surface area (Å²) in [5, 5.41) is 0. The van der Waals surface area contributed by atoms with Crippen LogP contribution in [0.5, 0.6) is 0 Å². The van der Waals surface area contributed by atoms with Gasteiger partial charge in [-0.3, -0.25) is 4.98 Å². The van der Waals surface area contributed by atoms with Crippen LogP contribution in [-0.2, 0) is 12.8 Å². The van der Waals surface area contributed by atoms with E-state index in [1.165, 1.54) is 5.56 Å². The molecule has 3 aromatic heterocycles. The Morgan fingerprint density at radius 1 is 1.17 bits per heavy atom. The summed E-state index contributed by atoms with van der Waals surface area (Å²) in [4.78, 5) is 16.1. The van der Waals surface area contributed by atoms with E-state index in [0.29, 0.717) is 0 Å². The van der Waals surface area contributed by atoms with Crippen LogP contribution >= 0.6 is 0 Å². The quantitative estimate of drug-likeness (QED) is 0.762. The maximum atomic E-state index is 4.49. The van der Waals surface area contributed by atoms with Crippen LogP contribution in [0.1, 0.15) is 17.0 Å². The molecule has 4 heteroatoms. The van der Waals surface area contributed by atoms with Crippen molar-refractivity contribution >= 4 is 11.2 Å². The Bertz CT molecular complexity index is 658. The van der Waals surface area contributed by atoms with Crippen molar-refractivity contribution < 1.29 is 0 Å². The minimum absolute atomic E-state index is 0.797. The topological polar surface area (TPSA) is 54.5 Å². The Morgan fingerprint density at radius 2 is 2.00 bits per heavy atom. The van der Waals surface area contributed by atoms with Gasteiger partial charge in [0.2, 0.25) is 0 Å². The van der Waals surface area contributed by atoms with Gasteiger partial charge in [-0.05, 0) is 42.7 Å². The van der Waals surface area contributed by atoms with Crippen LogP contribution in [0.15, 0.2) is 36.8 Å². The lowest BCUT2D eigenvalue weighted by Crippen LogP contribution is -1.93. The van der Waals surface area contributed by atoms with E-state index >= 15 is 0 Å². The maximum Gasteiger partial charge on any atom is 0.177 e. The number of nitrogens with one attached hydrogen (secondary N) is 1. The van der Waals surface area contributed by atoms with E-state index in [9.17, 15) is 0 Å². The van der Waals surface area contributed by atoms with E-state index in [1.54, 1.807) is 0 Å².